The molecular formula is C18H22FNO4. The molecule has 0 aliphatic rings. The number of halogens is 1. The summed E-state index contributed by atoms with van der Waals surface area (Å²) in [6.07, 6.45) is -0.422. The Labute approximate surface area is 140 Å². The van der Waals surface area contributed by atoms with Crippen molar-refractivity contribution in [2.75, 3.05) is 13.9 Å². The van der Waals surface area contributed by atoms with E-state index in [2.05, 4.69) is 4.98 Å². The van der Waals surface area contributed by atoms with Crippen molar-refractivity contribution >= 4 is 0 Å². The zero-order valence-corrected chi connectivity index (χ0v) is 14.3. The van der Waals surface area contributed by atoms with E-state index in [4.69, 9.17) is 9.47 Å². The highest BCUT2D eigenvalue weighted by atomic mass is 19.1. The topological polar surface area (TPSA) is 71.8 Å². The molecule has 2 N–H and O–H groups in total. The third-order valence-corrected chi connectivity index (χ3v) is 3.87. The number of aliphatic hydroxyl groups is 1. The van der Waals surface area contributed by atoms with Crippen molar-refractivity contribution in [2.24, 2.45) is 0 Å². The average Bonchev–Trinajstić information content (AvgIpc) is 2.55. The summed E-state index contributed by atoms with van der Waals surface area (Å²) in [5.74, 6) is -0.526. The van der Waals surface area contributed by atoms with E-state index in [1.165, 1.54) is 13.2 Å². The van der Waals surface area contributed by atoms with Crippen LogP contribution in [0.4, 0.5) is 4.39 Å². The first-order valence-electron chi connectivity index (χ1n) is 7.62. The van der Waals surface area contributed by atoms with E-state index in [0.29, 0.717) is 29.1 Å². The highest BCUT2D eigenvalue weighted by Gasteiger charge is 2.16. The third-order valence-electron chi connectivity index (χ3n) is 3.87. The standard InChI is InChI=1S/C18H22FNO4/c1-10-7-15(22)17(19)11(2)14(10)8-13-5-6-16(24-9-23-4)18(20-13)12(3)21/h5-7,12,21-22H,8-9H2,1-4H3. The lowest BCUT2D eigenvalue weighted by Gasteiger charge is -2.15. The minimum atomic E-state index is -0.810. The monoisotopic (exact) mass is 335 g/mol. The molecule has 0 amide bonds. The van der Waals surface area contributed by atoms with Gasteiger partial charge in [-0.15, -0.1) is 0 Å². The lowest BCUT2D eigenvalue weighted by atomic mass is 9.97. The van der Waals surface area contributed by atoms with Gasteiger partial charge in [0.15, 0.2) is 18.4 Å². The Balaban J connectivity index is 2.37. The van der Waals surface area contributed by atoms with E-state index >= 15 is 0 Å². The lowest BCUT2D eigenvalue weighted by Crippen LogP contribution is -2.08. The fourth-order valence-corrected chi connectivity index (χ4v) is 2.58. The Morgan fingerprint density at radius 3 is 2.62 bits per heavy atom. The van der Waals surface area contributed by atoms with E-state index in [9.17, 15) is 14.6 Å². The molecule has 2 rings (SSSR count). The molecule has 0 radical (unpaired) electrons. The summed E-state index contributed by atoms with van der Waals surface area (Å²) < 4.78 is 24.2. The van der Waals surface area contributed by atoms with E-state index in [1.54, 1.807) is 26.0 Å². The van der Waals surface area contributed by atoms with E-state index in [1.807, 2.05) is 6.92 Å². The van der Waals surface area contributed by atoms with Crippen molar-refractivity contribution in [3.63, 3.8) is 0 Å². The van der Waals surface area contributed by atoms with Gasteiger partial charge in [-0.05, 0) is 55.7 Å². The summed E-state index contributed by atoms with van der Waals surface area (Å²) in [6.45, 7) is 5.10. The molecule has 130 valence electrons. The molecule has 24 heavy (non-hydrogen) atoms. The first-order valence-corrected chi connectivity index (χ1v) is 7.62. The number of pyridine rings is 1. The number of aliphatic hydroxyl groups excluding tert-OH is 1. The maximum Gasteiger partial charge on any atom is 0.188 e. The molecule has 0 saturated carbocycles. The van der Waals surface area contributed by atoms with Gasteiger partial charge in [-0.1, -0.05) is 0 Å². The molecule has 2 aromatic rings. The Bertz CT molecular complexity index is 731. The smallest absolute Gasteiger partial charge is 0.188 e. The van der Waals surface area contributed by atoms with Gasteiger partial charge in [0.05, 0.1) is 6.10 Å². The first kappa shape index (κ1) is 18.2. The van der Waals surface area contributed by atoms with Crippen LogP contribution in [0.3, 0.4) is 0 Å². The number of nitrogens with zero attached hydrogens (tertiary/aromatic N) is 1. The first-order chi connectivity index (χ1) is 11.3. The SMILES string of the molecule is COCOc1ccc(Cc2c(C)cc(O)c(F)c2C)nc1C(C)O. The van der Waals surface area contributed by atoms with Gasteiger partial charge in [-0.25, -0.2) is 4.39 Å². The second kappa shape index (κ2) is 7.59. The molecule has 6 heteroatoms. The van der Waals surface area contributed by atoms with Crippen LogP contribution in [0.5, 0.6) is 11.5 Å². The average molecular weight is 335 g/mol. The molecule has 0 aliphatic heterocycles. The Hall–Kier alpha value is -2.18. The Morgan fingerprint density at radius 2 is 2.00 bits per heavy atom. The minimum absolute atomic E-state index is 0.0577. The highest BCUT2D eigenvalue weighted by molar-refractivity contribution is 5.44. The predicted octanol–water partition coefficient (Wildman–Crippen LogP) is 3.17. The molecule has 1 aromatic heterocycles. The largest absolute Gasteiger partial charge is 0.505 e. The van der Waals surface area contributed by atoms with Crippen molar-refractivity contribution in [2.45, 2.75) is 33.3 Å². The summed E-state index contributed by atoms with van der Waals surface area (Å²) in [6, 6.07) is 4.88. The van der Waals surface area contributed by atoms with Gasteiger partial charge in [0.1, 0.15) is 11.4 Å². The number of benzene rings is 1. The van der Waals surface area contributed by atoms with E-state index in [0.717, 1.165) is 11.1 Å². The number of phenolic OH excluding ortho intramolecular Hbond substituents is 1. The maximum atomic E-state index is 13.9. The minimum Gasteiger partial charge on any atom is -0.505 e. The van der Waals surface area contributed by atoms with Crippen LogP contribution in [0.15, 0.2) is 18.2 Å². The summed E-state index contributed by atoms with van der Waals surface area (Å²) in [4.78, 5) is 4.44. The number of rotatable bonds is 6. The molecule has 1 heterocycles. The Kier molecular flexibility index (Phi) is 5.75. The highest BCUT2D eigenvalue weighted by Crippen LogP contribution is 2.29. The summed E-state index contributed by atoms with van der Waals surface area (Å²) in [5, 5.41) is 19.5. The molecule has 5 nitrogen and oxygen atoms in total. The van der Waals surface area contributed by atoms with Crippen LogP contribution >= 0.6 is 0 Å². The molecule has 1 aromatic carbocycles. The van der Waals surface area contributed by atoms with E-state index < -0.39 is 11.9 Å². The van der Waals surface area contributed by atoms with E-state index in [-0.39, 0.29) is 12.5 Å². The molecule has 1 atom stereocenters. The number of methoxy groups -OCH3 is 1. The van der Waals surface area contributed by atoms with Gasteiger partial charge < -0.3 is 19.7 Å². The van der Waals surface area contributed by atoms with Crippen LogP contribution in [0, 0.1) is 19.7 Å². The molecule has 0 aliphatic carbocycles. The summed E-state index contributed by atoms with van der Waals surface area (Å²) >= 11 is 0. The fourth-order valence-electron chi connectivity index (χ4n) is 2.58. The molecule has 0 saturated heterocycles. The van der Waals surface area contributed by atoms with Crippen LogP contribution < -0.4 is 4.74 Å². The molecular weight excluding hydrogens is 313 g/mol. The lowest BCUT2D eigenvalue weighted by molar-refractivity contribution is 0.0477. The zero-order chi connectivity index (χ0) is 17.9. The predicted molar refractivity (Wildman–Crippen MR) is 87.7 cm³/mol. The number of hydrogen-bond donors (Lipinski definition) is 2. The maximum absolute atomic E-state index is 13.9. The van der Waals surface area contributed by atoms with Crippen LogP contribution in [0.2, 0.25) is 0 Å². The number of aromatic nitrogens is 1. The Morgan fingerprint density at radius 1 is 1.29 bits per heavy atom. The van der Waals surface area contributed by atoms with Crippen LogP contribution in [0.1, 0.15) is 41.1 Å². The summed E-state index contributed by atoms with van der Waals surface area (Å²) in [7, 11) is 1.51. The summed E-state index contributed by atoms with van der Waals surface area (Å²) in [5.41, 5.74) is 3.02. The quantitative estimate of drug-likeness (QED) is 0.794. The van der Waals surface area contributed by atoms with Crippen molar-refractivity contribution in [3.8, 4) is 11.5 Å². The number of hydrogen-bond acceptors (Lipinski definition) is 5. The van der Waals surface area contributed by atoms with Crippen molar-refractivity contribution in [1.29, 1.82) is 0 Å². The molecule has 1 unspecified atom stereocenters. The number of aryl methyl sites for hydroxylation is 1. The fraction of sp³-hybridized carbons (Fsp3) is 0.389. The van der Waals surface area contributed by atoms with Crippen molar-refractivity contribution in [3.05, 3.63) is 52.1 Å². The van der Waals surface area contributed by atoms with Crippen LogP contribution in [0.25, 0.3) is 0 Å². The van der Waals surface area contributed by atoms with Gasteiger partial charge in [0.25, 0.3) is 0 Å². The van der Waals surface area contributed by atoms with Gasteiger partial charge >= 0.3 is 0 Å². The second-order valence-electron chi connectivity index (χ2n) is 5.72. The molecule has 0 fully saturated rings. The van der Waals surface area contributed by atoms with Gasteiger partial charge in [-0.2, -0.15) is 0 Å². The van der Waals surface area contributed by atoms with Gasteiger partial charge in [0, 0.05) is 19.2 Å². The van der Waals surface area contributed by atoms with Crippen molar-refractivity contribution < 1.29 is 24.1 Å². The number of ether oxygens (including phenoxy) is 2. The molecule has 0 bridgehead atoms. The van der Waals surface area contributed by atoms with Gasteiger partial charge in [-0.3, -0.25) is 4.98 Å². The second-order valence-corrected chi connectivity index (χ2v) is 5.72. The molecule has 0 spiro atoms. The van der Waals surface area contributed by atoms with Gasteiger partial charge in [0.2, 0.25) is 0 Å². The van der Waals surface area contributed by atoms with Crippen LogP contribution in [-0.2, 0) is 11.2 Å². The van der Waals surface area contributed by atoms with Crippen LogP contribution in [-0.4, -0.2) is 29.1 Å². The number of phenols is 1. The number of aromatic hydroxyl groups is 1. The zero-order valence-electron chi connectivity index (χ0n) is 14.3. The van der Waals surface area contributed by atoms with Crippen molar-refractivity contribution in [1.82, 2.24) is 4.98 Å². The third kappa shape index (κ3) is 3.83. The normalized spacial score (nSPS) is 12.2.